The Labute approximate surface area is 173 Å². The molecular weight excluding hydrogens is 388 g/mol. The quantitative estimate of drug-likeness (QED) is 0.604. The molecule has 0 spiro atoms. The molecule has 1 N–H and O–H groups in total. The molecule has 2 heterocycles. The Hall–Kier alpha value is -3.00. The fourth-order valence-electron chi connectivity index (χ4n) is 3.05. The summed E-state index contributed by atoms with van der Waals surface area (Å²) in [5.41, 5.74) is 1.01. The molecule has 1 atom stereocenters. The van der Waals surface area contributed by atoms with Crippen molar-refractivity contribution in [3.8, 4) is 22.9 Å². The molecule has 0 bridgehead atoms. The van der Waals surface area contributed by atoms with Crippen LogP contribution in [-0.4, -0.2) is 45.7 Å². The van der Waals surface area contributed by atoms with Gasteiger partial charge in [0.05, 0.1) is 12.3 Å². The Kier molecular flexibility index (Phi) is 6.00. The Balaban J connectivity index is 1.30. The van der Waals surface area contributed by atoms with E-state index in [1.54, 1.807) is 0 Å². The van der Waals surface area contributed by atoms with Gasteiger partial charge >= 0.3 is 0 Å². The zero-order chi connectivity index (χ0) is 20.1. The van der Waals surface area contributed by atoms with Gasteiger partial charge in [-0.1, -0.05) is 54.2 Å². The summed E-state index contributed by atoms with van der Waals surface area (Å²) in [6.07, 6.45) is -0.206. The number of para-hydroxylation sites is 2. The van der Waals surface area contributed by atoms with Crippen molar-refractivity contribution in [3.05, 3.63) is 54.6 Å². The summed E-state index contributed by atoms with van der Waals surface area (Å²) in [6, 6.07) is 17.4. The van der Waals surface area contributed by atoms with Gasteiger partial charge in [0, 0.05) is 12.1 Å². The number of thioether (sulfide) groups is 1. The highest BCUT2D eigenvalue weighted by Crippen LogP contribution is 2.30. The number of aromatic nitrogens is 3. The first-order valence-corrected chi connectivity index (χ1v) is 10.5. The third kappa shape index (κ3) is 4.54. The van der Waals surface area contributed by atoms with E-state index >= 15 is 0 Å². The van der Waals surface area contributed by atoms with Gasteiger partial charge in [-0.3, -0.25) is 4.79 Å². The molecule has 29 heavy (non-hydrogen) atoms. The van der Waals surface area contributed by atoms with Gasteiger partial charge < -0.3 is 19.4 Å². The standard InChI is InChI=1S/C21H22N4O3S/c1-2-25-20(15-8-4-3-5-9-15)23-24-21(25)29-14-19(26)22-12-16-13-27-17-10-6-7-11-18(17)28-16/h3-11,16H,2,12-14H2,1H3,(H,22,26)/t16-/m0/s1. The molecule has 150 valence electrons. The number of nitrogens with one attached hydrogen (secondary N) is 1. The number of ether oxygens (including phenoxy) is 2. The minimum absolute atomic E-state index is 0.0793. The van der Waals surface area contributed by atoms with Crippen LogP contribution in [0.25, 0.3) is 11.4 Å². The average Bonchev–Trinajstić information content (AvgIpc) is 3.19. The van der Waals surface area contributed by atoms with Crippen molar-refractivity contribution in [2.45, 2.75) is 24.7 Å². The molecule has 2 aromatic carbocycles. The van der Waals surface area contributed by atoms with Crippen LogP contribution in [0.3, 0.4) is 0 Å². The van der Waals surface area contributed by atoms with E-state index in [-0.39, 0.29) is 17.8 Å². The van der Waals surface area contributed by atoms with Crippen LogP contribution in [0.1, 0.15) is 6.92 Å². The van der Waals surface area contributed by atoms with E-state index in [1.165, 1.54) is 11.8 Å². The number of fused-ring (bicyclic) bond motifs is 1. The van der Waals surface area contributed by atoms with Crippen molar-refractivity contribution in [2.75, 3.05) is 18.9 Å². The van der Waals surface area contributed by atoms with E-state index in [2.05, 4.69) is 15.5 Å². The van der Waals surface area contributed by atoms with Crippen molar-refractivity contribution in [3.63, 3.8) is 0 Å². The summed E-state index contributed by atoms with van der Waals surface area (Å²) in [5, 5.41) is 12.2. The minimum Gasteiger partial charge on any atom is -0.486 e. The lowest BCUT2D eigenvalue weighted by Crippen LogP contribution is -2.41. The Bertz CT molecular complexity index is 977. The molecule has 0 aliphatic carbocycles. The molecule has 0 radical (unpaired) electrons. The van der Waals surface area contributed by atoms with Gasteiger partial charge in [-0.05, 0) is 19.1 Å². The van der Waals surface area contributed by atoms with Crippen molar-refractivity contribution in [1.29, 1.82) is 0 Å². The van der Waals surface area contributed by atoms with E-state index < -0.39 is 0 Å². The highest BCUT2D eigenvalue weighted by atomic mass is 32.2. The summed E-state index contributed by atoms with van der Waals surface area (Å²) in [4.78, 5) is 12.3. The Morgan fingerprint density at radius 3 is 2.69 bits per heavy atom. The van der Waals surface area contributed by atoms with Crippen LogP contribution in [0, 0.1) is 0 Å². The lowest BCUT2D eigenvalue weighted by Gasteiger charge is -2.26. The van der Waals surface area contributed by atoms with Gasteiger partial charge in [0.1, 0.15) is 12.7 Å². The third-order valence-corrected chi connectivity index (χ3v) is 5.46. The maximum absolute atomic E-state index is 12.3. The number of nitrogens with zero attached hydrogens (tertiary/aromatic N) is 3. The lowest BCUT2D eigenvalue weighted by atomic mass is 10.2. The second kappa shape index (κ2) is 9.00. The first kappa shape index (κ1) is 19.3. The third-order valence-electron chi connectivity index (χ3n) is 4.49. The summed E-state index contributed by atoms with van der Waals surface area (Å²) in [6.45, 7) is 3.57. The molecule has 0 saturated carbocycles. The monoisotopic (exact) mass is 410 g/mol. The highest BCUT2D eigenvalue weighted by molar-refractivity contribution is 7.99. The van der Waals surface area contributed by atoms with Crippen molar-refractivity contribution >= 4 is 17.7 Å². The molecule has 0 unspecified atom stereocenters. The van der Waals surface area contributed by atoms with Crippen LogP contribution in [-0.2, 0) is 11.3 Å². The van der Waals surface area contributed by atoms with Gasteiger partial charge in [-0.15, -0.1) is 10.2 Å². The smallest absolute Gasteiger partial charge is 0.230 e. The molecule has 3 aromatic rings. The van der Waals surface area contributed by atoms with Gasteiger partial charge in [0.15, 0.2) is 22.5 Å². The molecule has 1 amide bonds. The Morgan fingerprint density at radius 2 is 1.90 bits per heavy atom. The normalized spacial score (nSPS) is 15.1. The predicted octanol–water partition coefficient (Wildman–Crippen LogP) is 3.01. The number of hydrogen-bond acceptors (Lipinski definition) is 6. The number of carbonyl (C=O) groups excluding carboxylic acids is 1. The first-order valence-electron chi connectivity index (χ1n) is 9.51. The molecule has 7 nitrogen and oxygen atoms in total. The number of benzene rings is 2. The van der Waals surface area contributed by atoms with Crippen molar-refractivity contribution in [2.24, 2.45) is 0 Å². The predicted molar refractivity (Wildman–Crippen MR) is 111 cm³/mol. The molecule has 1 aliphatic heterocycles. The second-order valence-electron chi connectivity index (χ2n) is 6.51. The first-order chi connectivity index (χ1) is 14.2. The highest BCUT2D eigenvalue weighted by Gasteiger charge is 2.21. The van der Waals surface area contributed by atoms with Crippen molar-refractivity contribution < 1.29 is 14.3 Å². The van der Waals surface area contributed by atoms with E-state index in [4.69, 9.17) is 9.47 Å². The fourth-order valence-corrected chi connectivity index (χ4v) is 3.89. The van der Waals surface area contributed by atoms with Gasteiger partial charge in [-0.25, -0.2) is 0 Å². The van der Waals surface area contributed by atoms with Crippen LogP contribution >= 0.6 is 11.8 Å². The van der Waals surface area contributed by atoms with E-state index in [1.807, 2.05) is 66.1 Å². The second-order valence-corrected chi connectivity index (χ2v) is 7.45. The SMILES string of the molecule is CCn1c(SCC(=O)NC[C@H]2COc3ccccc3O2)nnc1-c1ccccc1. The van der Waals surface area contributed by atoms with E-state index in [9.17, 15) is 4.79 Å². The van der Waals surface area contributed by atoms with Crippen LogP contribution in [0.5, 0.6) is 11.5 Å². The van der Waals surface area contributed by atoms with Crippen LogP contribution < -0.4 is 14.8 Å². The van der Waals surface area contributed by atoms with Crippen LogP contribution in [0.4, 0.5) is 0 Å². The van der Waals surface area contributed by atoms with Crippen LogP contribution in [0.2, 0.25) is 0 Å². The molecule has 0 saturated heterocycles. The molecule has 0 fully saturated rings. The molecule has 4 rings (SSSR count). The Morgan fingerprint density at radius 1 is 1.14 bits per heavy atom. The topological polar surface area (TPSA) is 78.3 Å². The minimum atomic E-state index is -0.206. The number of rotatable bonds is 7. The van der Waals surface area contributed by atoms with Crippen LogP contribution in [0.15, 0.2) is 59.8 Å². The zero-order valence-electron chi connectivity index (χ0n) is 16.1. The maximum Gasteiger partial charge on any atom is 0.230 e. The fraction of sp³-hybridized carbons (Fsp3) is 0.286. The molecule has 8 heteroatoms. The van der Waals surface area contributed by atoms with Crippen molar-refractivity contribution in [1.82, 2.24) is 20.1 Å². The summed E-state index contributed by atoms with van der Waals surface area (Å²) >= 11 is 1.38. The lowest BCUT2D eigenvalue weighted by molar-refractivity contribution is -0.119. The average molecular weight is 410 g/mol. The van der Waals surface area contributed by atoms with Gasteiger partial charge in [0.2, 0.25) is 5.91 Å². The molecule has 1 aliphatic rings. The summed E-state index contributed by atoms with van der Waals surface area (Å²) < 4.78 is 13.5. The zero-order valence-corrected chi connectivity index (χ0v) is 16.9. The van der Waals surface area contributed by atoms with Gasteiger partial charge in [-0.2, -0.15) is 0 Å². The largest absolute Gasteiger partial charge is 0.486 e. The molecule has 1 aromatic heterocycles. The summed E-state index contributed by atoms with van der Waals surface area (Å²) in [5.74, 6) is 2.43. The number of carbonyl (C=O) groups is 1. The van der Waals surface area contributed by atoms with Gasteiger partial charge in [0.25, 0.3) is 0 Å². The number of hydrogen-bond donors (Lipinski definition) is 1. The summed E-state index contributed by atoms with van der Waals surface area (Å²) in [7, 11) is 0. The maximum atomic E-state index is 12.3. The molecular formula is C21H22N4O3S. The number of amides is 1. The van der Waals surface area contributed by atoms with E-state index in [0.717, 1.165) is 28.8 Å². The van der Waals surface area contributed by atoms with E-state index in [0.29, 0.717) is 18.9 Å².